The Morgan fingerprint density at radius 3 is 2.86 bits per heavy atom. The van der Waals surface area contributed by atoms with Crippen LogP contribution in [0.2, 0.25) is 0 Å². The number of nitrogens with zero attached hydrogens (tertiary/aromatic N) is 3. The van der Waals surface area contributed by atoms with Crippen molar-refractivity contribution >= 4 is 12.0 Å². The number of aliphatic carboxylic acids is 1. The molecule has 1 aromatic heterocycles. The molecule has 116 valence electrons. The average molecular weight is 295 g/mol. The molecule has 2 heterocycles. The van der Waals surface area contributed by atoms with Crippen LogP contribution in [0.5, 0.6) is 0 Å². The van der Waals surface area contributed by atoms with E-state index < -0.39 is 17.4 Å². The minimum atomic E-state index is -0.970. The minimum Gasteiger partial charge on any atom is -0.480 e. The van der Waals surface area contributed by atoms with E-state index in [1.807, 2.05) is 13.8 Å². The van der Waals surface area contributed by atoms with Crippen molar-refractivity contribution in [1.29, 1.82) is 0 Å². The van der Waals surface area contributed by atoms with E-state index in [9.17, 15) is 14.7 Å². The van der Waals surface area contributed by atoms with Gasteiger partial charge in [-0.3, -0.25) is 5.10 Å². The van der Waals surface area contributed by atoms with Crippen molar-refractivity contribution in [1.82, 2.24) is 25.4 Å². The number of hydrogen-bond acceptors (Lipinski definition) is 4. The molecule has 0 saturated carbocycles. The Hall–Kier alpha value is -2.12. The maximum Gasteiger partial charge on any atom is 0.327 e. The summed E-state index contributed by atoms with van der Waals surface area (Å²) >= 11 is 0. The Labute approximate surface area is 122 Å². The molecule has 1 aromatic rings. The summed E-state index contributed by atoms with van der Waals surface area (Å²) in [6.45, 7) is 5.97. The van der Waals surface area contributed by atoms with Gasteiger partial charge >= 0.3 is 12.0 Å². The lowest BCUT2D eigenvalue weighted by Crippen LogP contribution is -2.58. The smallest absolute Gasteiger partial charge is 0.327 e. The number of aromatic amines is 1. The zero-order valence-corrected chi connectivity index (χ0v) is 12.5. The average Bonchev–Trinajstić information content (AvgIpc) is 2.90. The molecule has 0 spiro atoms. The first-order chi connectivity index (χ1) is 9.83. The van der Waals surface area contributed by atoms with Crippen LogP contribution in [0.15, 0.2) is 6.33 Å². The highest BCUT2D eigenvalue weighted by molar-refractivity contribution is 5.83. The highest BCUT2D eigenvalue weighted by atomic mass is 16.4. The summed E-state index contributed by atoms with van der Waals surface area (Å²) in [7, 11) is 0. The molecule has 1 saturated heterocycles. The van der Waals surface area contributed by atoms with E-state index in [1.165, 1.54) is 11.2 Å². The van der Waals surface area contributed by atoms with Crippen molar-refractivity contribution in [3.05, 3.63) is 12.2 Å². The van der Waals surface area contributed by atoms with Crippen LogP contribution >= 0.6 is 0 Å². The molecule has 3 N–H and O–H groups in total. The Morgan fingerprint density at radius 1 is 1.57 bits per heavy atom. The predicted molar refractivity (Wildman–Crippen MR) is 74.5 cm³/mol. The van der Waals surface area contributed by atoms with E-state index in [0.717, 1.165) is 12.8 Å². The van der Waals surface area contributed by atoms with E-state index in [1.54, 1.807) is 6.92 Å². The van der Waals surface area contributed by atoms with Gasteiger partial charge in [0.05, 0.1) is 6.04 Å². The van der Waals surface area contributed by atoms with Gasteiger partial charge in [0.25, 0.3) is 0 Å². The topological polar surface area (TPSA) is 111 Å². The van der Waals surface area contributed by atoms with Crippen molar-refractivity contribution in [2.45, 2.75) is 45.7 Å². The minimum absolute atomic E-state index is 0.362. The van der Waals surface area contributed by atoms with Crippen LogP contribution in [0.1, 0.15) is 45.5 Å². The Balaban J connectivity index is 2.11. The first kappa shape index (κ1) is 15.3. The van der Waals surface area contributed by atoms with Gasteiger partial charge in [-0.1, -0.05) is 13.8 Å². The third-order valence-corrected chi connectivity index (χ3v) is 3.95. The SMILES string of the molecule is CC(NC(=O)N1CCCC(C)(C)C1C(=O)O)c1ncn[nH]1. The summed E-state index contributed by atoms with van der Waals surface area (Å²) in [6, 6.07) is -1.58. The lowest BCUT2D eigenvalue weighted by molar-refractivity contribution is -0.148. The van der Waals surface area contributed by atoms with Crippen LogP contribution in [0.25, 0.3) is 0 Å². The highest BCUT2D eigenvalue weighted by Gasteiger charge is 2.44. The number of rotatable bonds is 3. The molecule has 21 heavy (non-hydrogen) atoms. The largest absolute Gasteiger partial charge is 0.480 e. The number of urea groups is 1. The fourth-order valence-corrected chi connectivity index (χ4v) is 2.84. The van der Waals surface area contributed by atoms with Gasteiger partial charge in [0.1, 0.15) is 18.2 Å². The lowest BCUT2D eigenvalue weighted by Gasteiger charge is -2.44. The molecule has 0 aromatic carbocycles. The van der Waals surface area contributed by atoms with Crippen LogP contribution < -0.4 is 5.32 Å². The molecule has 2 atom stereocenters. The Kier molecular flexibility index (Phi) is 4.15. The number of nitrogens with one attached hydrogen (secondary N) is 2. The highest BCUT2D eigenvalue weighted by Crippen LogP contribution is 2.35. The molecule has 0 aliphatic carbocycles. The van der Waals surface area contributed by atoms with Gasteiger partial charge in [-0.25, -0.2) is 14.6 Å². The van der Waals surface area contributed by atoms with Crippen molar-refractivity contribution in [3.63, 3.8) is 0 Å². The second-order valence-corrected chi connectivity index (χ2v) is 6.07. The number of carboxylic acids is 1. The summed E-state index contributed by atoms with van der Waals surface area (Å²) in [6.07, 6.45) is 2.94. The number of amides is 2. The van der Waals surface area contributed by atoms with E-state index >= 15 is 0 Å². The van der Waals surface area contributed by atoms with Gasteiger partial charge in [-0.05, 0) is 25.2 Å². The number of likely N-dealkylation sites (tertiary alicyclic amines) is 1. The molecule has 0 radical (unpaired) electrons. The number of carboxylic acid groups (broad SMARTS) is 1. The number of hydrogen-bond donors (Lipinski definition) is 3. The monoisotopic (exact) mass is 295 g/mol. The standard InChI is InChI=1S/C13H21N5O3/c1-8(10-14-7-15-17-10)16-12(21)18-6-4-5-13(2,3)9(18)11(19)20/h7-9H,4-6H2,1-3H3,(H,16,21)(H,19,20)(H,14,15,17). The van der Waals surface area contributed by atoms with Crippen LogP contribution in [0.3, 0.4) is 0 Å². The molecular formula is C13H21N5O3. The fourth-order valence-electron chi connectivity index (χ4n) is 2.84. The van der Waals surface area contributed by atoms with Crippen molar-refractivity contribution in [2.75, 3.05) is 6.54 Å². The predicted octanol–water partition coefficient (Wildman–Crippen LogP) is 1.15. The molecule has 8 heteroatoms. The molecule has 2 unspecified atom stereocenters. The van der Waals surface area contributed by atoms with Crippen molar-refractivity contribution < 1.29 is 14.7 Å². The molecule has 8 nitrogen and oxygen atoms in total. The summed E-state index contributed by atoms with van der Waals surface area (Å²) in [5.74, 6) is -0.436. The lowest BCUT2D eigenvalue weighted by atomic mass is 9.76. The zero-order chi connectivity index (χ0) is 15.6. The van der Waals surface area contributed by atoms with Crippen molar-refractivity contribution in [2.24, 2.45) is 5.41 Å². The van der Waals surface area contributed by atoms with Crippen LogP contribution in [-0.2, 0) is 4.79 Å². The maximum atomic E-state index is 12.4. The number of carbonyl (C=O) groups excluding carboxylic acids is 1. The first-order valence-electron chi connectivity index (χ1n) is 6.98. The third-order valence-electron chi connectivity index (χ3n) is 3.95. The zero-order valence-electron chi connectivity index (χ0n) is 12.5. The summed E-state index contributed by atoms with van der Waals surface area (Å²) in [4.78, 5) is 29.3. The molecule has 1 fully saturated rings. The van der Waals surface area contributed by atoms with E-state index in [2.05, 4.69) is 20.5 Å². The van der Waals surface area contributed by atoms with Gasteiger partial charge in [-0.2, -0.15) is 5.10 Å². The Morgan fingerprint density at radius 2 is 2.29 bits per heavy atom. The van der Waals surface area contributed by atoms with Gasteiger partial charge < -0.3 is 15.3 Å². The summed E-state index contributed by atoms with van der Waals surface area (Å²) in [5, 5.41) is 18.6. The molecule has 2 rings (SSSR count). The number of aromatic nitrogens is 3. The van der Waals surface area contributed by atoms with Crippen LogP contribution in [0, 0.1) is 5.41 Å². The maximum absolute atomic E-state index is 12.4. The molecule has 1 aliphatic heterocycles. The number of H-pyrrole nitrogens is 1. The quantitative estimate of drug-likeness (QED) is 0.774. The molecule has 1 aliphatic rings. The van der Waals surface area contributed by atoms with Gasteiger partial charge in [-0.15, -0.1) is 0 Å². The van der Waals surface area contributed by atoms with Crippen LogP contribution in [-0.4, -0.2) is 49.8 Å². The first-order valence-corrected chi connectivity index (χ1v) is 6.98. The summed E-state index contributed by atoms with van der Waals surface area (Å²) < 4.78 is 0. The van der Waals surface area contributed by atoms with E-state index in [-0.39, 0.29) is 12.1 Å². The van der Waals surface area contributed by atoms with Gasteiger partial charge in [0.2, 0.25) is 0 Å². The Bertz CT molecular complexity index is 514. The number of piperidine rings is 1. The number of carbonyl (C=O) groups is 2. The normalized spacial score (nSPS) is 22.6. The second-order valence-electron chi connectivity index (χ2n) is 6.07. The van der Waals surface area contributed by atoms with E-state index in [0.29, 0.717) is 12.4 Å². The van der Waals surface area contributed by atoms with Gasteiger partial charge in [0.15, 0.2) is 0 Å². The third kappa shape index (κ3) is 3.14. The molecular weight excluding hydrogens is 274 g/mol. The summed E-state index contributed by atoms with van der Waals surface area (Å²) in [5.41, 5.74) is -0.448. The second kappa shape index (κ2) is 5.71. The molecule has 0 bridgehead atoms. The molecule has 2 amide bonds. The van der Waals surface area contributed by atoms with Crippen molar-refractivity contribution in [3.8, 4) is 0 Å². The van der Waals surface area contributed by atoms with E-state index in [4.69, 9.17) is 0 Å². The van der Waals surface area contributed by atoms with Crippen LogP contribution in [0.4, 0.5) is 4.79 Å². The fraction of sp³-hybridized carbons (Fsp3) is 0.692. The van der Waals surface area contributed by atoms with Gasteiger partial charge in [0, 0.05) is 6.54 Å².